The van der Waals surface area contributed by atoms with E-state index in [4.69, 9.17) is 4.42 Å². The molecule has 2 aromatic heterocycles. The summed E-state index contributed by atoms with van der Waals surface area (Å²) in [6, 6.07) is 16.7. The zero-order valence-corrected chi connectivity index (χ0v) is 18.1. The molecule has 0 spiro atoms. The van der Waals surface area contributed by atoms with E-state index in [9.17, 15) is 13.6 Å². The second-order valence-corrected chi connectivity index (χ2v) is 8.04. The van der Waals surface area contributed by atoms with Crippen LogP contribution in [0.1, 0.15) is 21.6 Å². The minimum absolute atomic E-state index is 0.0864. The average Bonchev–Trinajstić information content (AvgIpc) is 3.35. The Morgan fingerprint density at radius 1 is 1.00 bits per heavy atom. The Kier molecular flexibility index (Phi) is 6.37. The SMILES string of the molecule is CN(C)CCN(Cc1ccccc1)C(=O)c1cc2occc2n1Cc1ccc(F)cc1F. The van der Waals surface area contributed by atoms with Crippen molar-refractivity contribution in [1.82, 2.24) is 14.4 Å². The Hall–Kier alpha value is -3.45. The highest BCUT2D eigenvalue weighted by Crippen LogP contribution is 2.25. The lowest BCUT2D eigenvalue weighted by Crippen LogP contribution is -2.37. The number of benzene rings is 2. The number of carbonyl (C=O) groups excluding carboxylic acids is 1. The maximum absolute atomic E-state index is 14.4. The molecule has 166 valence electrons. The number of hydrogen-bond donors (Lipinski definition) is 0. The summed E-state index contributed by atoms with van der Waals surface area (Å²) in [7, 11) is 3.91. The van der Waals surface area contributed by atoms with Gasteiger partial charge in [-0.05, 0) is 25.7 Å². The Balaban J connectivity index is 1.70. The topological polar surface area (TPSA) is 41.6 Å². The molecule has 0 N–H and O–H groups in total. The summed E-state index contributed by atoms with van der Waals surface area (Å²) in [6.45, 7) is 1.76. The first-order chi connectivity index (χ1) is 15.4. The van der Waals surface area contributed by atoms with E-state index in [0.29, 0.717) is 42.0 Å². The third-order valence-corrected chi connectivity index (χ3v) is 5.41. The number of likely N-dealkylation sites (N-methyl/N-ethyl adjacent to an activating group) is 1. The molecule has 0 aliphatic rings. The molecule has 32 heavy (non-hydrogen) atoms. The molecule has 2 aromatic carbocycles. The molecule has 4 rings (SSSR count). The summed E-state index contributed by atoms with van der Waals surface area (Å²) in [5.74, 6) is -1.46. The highest BCUT2D eigenvalue weighted by atomic mass is 19.1. The van der Waals surface area contributed by atoms with E-state index in [1.54, 1.807) is 21.6 Å². The molecule has 0 atom stereocenters. The molecule has 0 unspecified atom stereocenters. The van der Waals surface area contributed by atoms with E-state index >= 15 is 0 Å². The van der Waals surface area contributed by atoms with E-state index in [2.05, 4.69) is 0 Å². The van der Waals surface area contributed by atoms with Gasteiger partial charge < -0.3 is 18.8 Å². The van der Waals surface area contributed by atoms with Crippen LogP contribution in [0.15, 0.2) is 71.3 Å². The van der Waals surface area contributed by atoms with E-state index in [1.807, 2.05) is 49.3 Å². The number of fused-ring (bicyclic) bond motifs is 1. The smallest absolute Gasteiger partial charge is 0.270 e. The van der Waals surface area contributed by atoms with Crippen molar-refractivity contribution in [3.8, 4) is 0 Å². The number of rotatable bonds is 8. The molecule has 5 nitrogen and oxygen atoms in total. The van der Waals surface area contributed by atoms with Crippen molar-refractivity contribution in [3.05, 3.63) is 95.4 Å². The van der Waals surface area contributed by atoms with Crippen LogP contribution < -0.4 is 0 Å². The van der Waals surface area contributed by atoms with Gasteiger partial charge in [0.25, 0.3) is 5.91 Å². The molecule has 0 aliphatic heterocycles. The van der Waals surface area contributed by atoms with Crippen molar-refractivity contribution in [2.45, 2.75) is 13.1 Å². The number of amides is 1. The lowest BCUT2D eigenvalue weighted by atomic mass is 10.2. The molecule has 1 amide bonds. The molecule has 0 fully saturated rings. The van der Waals surface area contributed by atoms with Crippen LogP contribution in [0, 0.1) is 11.6 Å². The minimum Gasteiger partial charge on any atom is -0.463 e. The first kappa shape index (κ1) is 21.8. The van der Waals surface area contributed by atoms with Crippen molar-refractivity contribution in [1.29, 1.82) is 0 Å². The van der Waals surface area contributed by atoms with Crippen LogP contribution in [0.4, 0.5) is 8.78 Å². The minimum atomic E-state index is -0.650. The normalized spacial score (nSPS) is 11.4. The van der Waals surface area contributed by atoms with Gasteiger partial charge in [0.15, 0.2) is 5.58 Å². The molecule has 7 heteroatoms. The first-order valence-corrected chi connectivity index (χ1v) is 10.4. The second kappa shape index (κ2) is 9.36. The number of nitrogens with zero attached hydrogens (tertiary/aromatic N) is 3. The van der Waals surface area contributed by atoms with Gasteiger partial charge in [-0.2, -0.15) is 0 Å². The predicted octanol–water partition coefficient (Wildman–Crippen LogP) is 4.76. The molecular weight excluding hydrogens is 412 g/mol. The summed E-state index contributed by atoms with van der Waals surface area (Å²) < 4.78 is 35.0. The Morgan fingerprint density at radius 2 is 1.78 bits per heavy atom. The van der Waals surface area contributed by atoms with E-state index in [0.717, 1.165) is 11.6 Å². The van der Waals surface area contributed by atoms with Crippen LogP contribution in [-0.2, 0) is 13.1 Å². The summed E-state index contributed by atoms with van der Waals surface area (Å²) in [4.78, 5) is 17.5. The fourth-order valence-corrected chi connectivity index (χ4v) is 3.68. The van der Waals surface area contributed by atoms with Crippen molar-refractivity contribution >= 4 is 17.0 Å². The van der Waals surface area contributed by atoms with E-state index in [1.165, 1.54) is 18.4 Å². The van der Waals surface area contributed by atoms with Gasteiger partial charge in [-0.1, -0.05) is 36.4 Å². The van der Waals surface area contributed by atoms with Crippen LogP contribution in [0.3, 0.4) is 0 Å². The van der Waals surface area contributed by atoms with Gasteiger partial charge in [0, 0.05) is 43.4 Å². The van der Waals surface area contributed by atoms with Crippen LogP contribution >= 0.6 is 0 Å². The van der Waals surface area contributed by atoms with Crippen LogP contribution in [0.2, 0.25) is 0 Å². The van der Waals surface area contributed by atoms with Gasteiger partial charge in [0.1, 0.15) is 17.3 Å². The second-order valence-electron chi connectivity index (χ2n) is 8.04. The fourth-order valence-electron chi connectivity index (χ4n) is 3.68. The average molecular weight is 437 g/mol. The quantitative estimate of drug-likeness (QED) is 0.399. The highest BCUT2D eigenvalue weighted by molar-refractivity contribution is 5.97. The van der Waals surface area contributed by atoms with Gasteiger partial charge in [-0.15, -0.1) is 0 Å². The molecule has 2 heterocycles. The summed E-state index contributed by atoms with van der Waals surface area (Å²) in [5, 5.41) is 0. The van der Waals surface area contributed by atoms with Crippen molar-refractivity contribution in [2.75, 3.05) is 27.2 Å². The largest absolute Gasteiger partial charge is 0.463 e. The number of carbonyl (C=O) groups is 1. The number of furan rings is 1. The van der Waals surface area contributed by atoms with Crippen LogP contribution in [-0.4, -0.2) is 47.5 Å². The monoisotopic (exact) mass is 437 g/mol. The predicted molar refractivity (Wildman–Crippen MR) is 119 cm³/mol. The molecule has 0 aliphatic carbocycles. The molecule has 0 saturated carbocycles. The lowest BCUT2D eigenvalue weighted by Gasteiger charge is -2.25. The van der Waals surface area contributed by atoms with Crippen LogP contribution in [0.5, 0.6) is 0 Å². The van der Waals surface area contributed by atoms with E-state index in [-0.39, 0.29) is 12.5 Å². The number of halogens is 2. The van der Waals surface area contributed by atoms with Crippen molar-refractivity contribution in [2.24, 2.45) is 0 Å². The van der Waals surface area contributed by atoms with Crippen molar-refractivity contribution in [3.63, 3.8) is 0 Å². The maximum atomic E-state index is 14.4. The lowest BCUT2D eigenvalue weighted by molar-refractivity contribution is 0.0722. The van der Waals surface area contributed by atoms with Crippen molar-refractivity contribution < 1.29 is 18.0 Å². The Morgan fingerprint density at radius 3 is 2.50 bits per heavy atom. The Labute approximate surface area is 185 Å². The van der Waals surface area contributed by atoms with Gasteiger partial charge in [-0.25, -0.2) is 8.78 Å². The molecule has 0 radical (unpaired) electrons. The van der Waals surface area contributed by atoms with Gasteiger partial charge in [-0.3, -0.25) is 4.79 Å². The first-order valence-electron chi connectivity index (χ1n) is 10.4. The summed E-state index contributed by atoms with van der Waals surface area (Å²) >= 11 is 0. The van der Waals surface area contributed by atoms with Crippen LogP contribution in [0.25, 0.3) is 11.1 Å². The highest BCUT2D eigenvalue weighted by Gasteiger charge is 2.24. The number of aromatic nitrogens is 1. The molecule has 0 saturated heterocycles. The zero-order chi connectivity index (χ0) is 22.7. The number of hydrogen-bond acceptors (Lipinski definition) is 3. The zero-order valence-electron chi connectivity index (χ0n) is 18.1. The Bertz CT molecular complexity index is 1210. The molecular formula is C25H25F2N3O2. The third-order valence-electron chi connectivity index (χ3n) is 5.41. The fraction of sp³-hybridized carbons (Fsp3) is 0.240. The van der Waals surface area contributed by atoms with Gasteiger partial charge in [0.2, 0.25) is 0 Å². The summed E-state index contributed by atoms with van der Waals surface area (Å²) in [5.41, 5.74) is 2.94. The maximum Gasteiger partial charge on any atom is 0.270 e. The standard InChI is InChI=1S/C25H25F2N3O2/c1-28(2)11-12-29(16-18-6-4-3-5-7-18)25(31)23-15-24-22(10-13-32-24)30(23)17-19-8-9-20(26)14-21(19)27/h3-10,13-15H,11-12,16-17H2,1-2H3. The van der Waals surface area contributed by atoms with E-state index < -0.39 is 11.6 Å². The van der Waals surface area contributed by atoms with Gasteiger partial charge in [0.05, 0.1) is 18.3 Å². The van der Waals surface area contributed by atoms with Gasteiger partial charge >= 0.3 is 0 Å². The third kappa shape index (κ3) is 4.73. The summed E-state index contributed by atoms with van der Waals surface area (Å²) in [6.07, 6.45) is 1.53. The molecule has 0 bridgehead atoms. The molecule has 4 aromatic rings.